The van der Waals surface area contributed by atoms with Crippen molar-refractivity contribution in [2.24, 2.45) is 4.99 Å². The molecule has 0 saturated carbocycles. The number of carbonyl (C=O) groups excluding carboxylic acids is 1. The molecule has 1 aliphatic rings. The number of fused-ring (bicyclic) bond motifs is 1. The summed E-state index contributed by atoms with van der Waals surface area (Å²) in [7, 11) is 3.08. The first-order valence-electron chi connectivity index (χ1n) is 13.2. The molecule has 0 aliphatic carbocycles. The Balaban J connectivity index is 1.57. The van der Waals surface area contributed by atoms with E-state index in [9.17, 15) is 9.59 Å². The molecule has 216 valence electrons. The van der Waals surface area contributed by atoms with Crippen molar-refractivity contribution in [2.45, 2.75) is 26.5 Å². The minimum absolute atomic E-state index is 0.185. The highest BCUT2D eigenvalue weighted by Gasteiger charge is 2.35. The minimum atomic E-state index is -0.801. The number of thiazole rings is 1. The zero-order valence-electron chi connectivity index (χ0n) is 23.5. The number of esters is 1. The monoisotopic (exact) mass is 648 g/mol. The number of ether oxygens (including phenoxy) is 4. The van der Waals surface area contributed by atoms with E-state index >= 15 is 0 Å². The topological polar surface area (TPSA) is 88.4 Å². The van der Waals surface area contributed by atoms with Crippen LogP contribution in [0.3, 0.4) is 0 Å². The third-order valence-electron chi connectivity index (χ3n) is 6.74. The van der Waals surface area contributed by atoms with E-state index in [0.717, 1.165) is 16.9 Å². The fraction of sp³-hybridized carbons (Fsp3) is 0.219. The molecule has 1 aliphatic heterocycles. The zero-order valence-corrected chi connectivity index (χ0v) is 26.0. The Labute approximate surface area is 255 Å². The van der Waals surface area contributed by atoms with Crippen LogP contribution in [0, 0.1) is 0 Å². The van der Waals surface area contributed by atoms with Gasteiger partial charge in [-0.3, -0.25) is 9.36 Å². The van der Waals surface area contributed by atoms with Gasteiger partial charge >= 0.3 is 5.97 Å². The van der Waals surface area contributed by atoms with Crippen LogP contribution in [0.25, 0.3) is 6.08 Å². The van der Waals surface area contributed by atoms with Crippen LogP contribution in [0.2, 0.25) is 0 Å². The second-order valence-electron chi connectivity index (χ2n) is 9.37. The van der Waals surface area contributed by atoms with Gasteiger partial charge in [0.2, 0.25) is 0 Å². The van der Waals surface area contributed by atoms with Gasteiger partial charge in [0.25, 0.3) is 5.56 Å². The summed E-state index contributed by atoms with van der Waals surface area (Å²) in [5, 5.41) is 0. The van der Waals surface area contributed by atoms with Gasteiger partial charge in [-0.2, -0.15) is 0 Å². The summed E-state index contributed by atoms with van der Waals surface area (Å²) in [5.41, 5.74) is 3.03. The first kappa shape index (κ1) is 29.3. The largest absolute Gasteiger partial charge is 0.493 e. The highest BCUT2D eigenvalue weighted by atomic mass is 79.9. The molecule has 1 unspecified atom stereocenters. The lowest BCUT2D eigenvalue weighted by Crippen LogP contribution is -2.40. The molecule has 10 heteroatoms. The number of hydrogen-bond donors (Lipinski definition) is 0. The number of halogens is 1. The van der Waals surface area contributed by atoms with Gasteiger partial charge in [-0.25, -0.2) is 9.79 Å². The average Bonchev–Trinajstić information content (AvgIpc) is 3.30. The van der Waals surface area contributed by atoms with Crippen LogP contribution in [0.1, 0.15) is 36.6 Å². The molecule has 1 aromatic heterocycles. The number of benzene rings is 3. The maximum Gasteiger partial charge on any atom is 0.338 e. The predicted octanol–water partition coefficient (Wildman–Crippen LogP) is 5.16. The number of methoxy groups -OCH3 is 2. The molecular weight excluding hydrogens is 620 g/mol. The molecule has 42 heavy (non-hydrogen) atoms. The number of allylic oxidation sites excluding steroid dienone is 1. The first-order chi connectivity index (χ1) is 20.3. The first-order valence-corrected chi connectivity index (χ1v) is 14.8. The van der Waals surface area contributed by atoms with E-state index < -0.39 is 12.0 Å². The van der Waals surface area contributed by atoms with Gasteiger partial charge in [0.15, 0.2) is 16.3 Å². The van der Waals surface area contributed by atoms with Crippen LogP contribution in [-0.4, -0.2) is 31.4 Å². The van der Waals surface area contributed by atoms with Crippen molar-refractivity contribution < 1.29 is 23.7 Å². The summed E-state index contributed by atoms with van der Waals surface area (Å²) >= 11 is 4.88. The van der Waals surface area contributed by atoms with Crippen LogP contribution in [-0.2, 0) is 16.1 Å². The van der Waals surface area contributed by atoms with Crippen LogP contribution < -0.4 is 29.1 Å². The van der Waals surface area contributed by atoms with Crippen molar-refractivity contribution in [1.29, 1.82) is 0 Å². The standard InChI is InChI=1S/C32H29BrN2O6S/c1-5-40-31(37)28-19(2)34-32-35(29(28)23-16-25(38-3)26(39-4)17-24(23)33)30(36)27(42-32)15-20-11-13-22(14-12-20)41-18-21-9-7-6-8-10-21/h6-17,29H,5,18H2,1-4H3/b27-15-. The van der Waals surface area contributed by atoms with Gasteiger partial charge < -0.3 is 18.9 Å². The van der Waals surface area contributed by atoms with Gasteiger partial charge in [-0.05, 0) is 60.9 Å². The molecule has 0 N–H and O–H groups in total. The quantitative estimate of drug-likeness (QED) is 0.233. The van der Waals surface area contributed by atoms with Crippen molar-refractivity contribution in [3.63, 3.8) is 0 Å². The Kier molecular flexibility index (Phi) is 8.94. The molecule has 8 nitrogen and oxygen atoms in total. The lowest BCUT2D eigenvalue weighted by atomic mass is 9.95. The molecule has 0 spiro atoms. The second-order valence-corrected chi connectivity index (χ2v) is 11.2. The van der Waals surface area contributed by atoms with E-state index in [-0.39, 0.29) is 17.7 Å². The van der Waals surface area contributed by atoms with Crippen molar-refractivity contribution >= 4 is 39.3 Å². The molecule has 0 saturated heterocycles. The third kappa shape index (κ3) is 5.91. The highest BCUT2D eigenvalue weighted by Crippen LogP contribution is 2.40. The van der Waals surface area contributed by atoms with Crippen molar-refractivity contribution in [3.05, 3.63) is 119 Å². The summed E-state index contributed by atoms with van der Waals surface area (Å²) in [6.07, 6.45) is 1.81. The molecule has 0 fully saturated rings. The Morgan fingerprint density at radius 1 is 1.05 bits per heavy atom. The average molecular weight is 650 g/mol. The summed E-state index contributed by atoms with van der Waals surface area (Å²) in [5.74, 6) is 1.16. The molecule has 0 amide bonds. The summed E-state index contributed by atoms with van der Waals surface area (Å²) < 4.78 is 24.9. The second kappa shape index (κ2) is 12.8. The van der Waals surface area contributed by atoms with Crippen LogP contribution >= 0.6 is 27.3 Å². The number of carbonyl (C=O) groups is 1. The molecule has 0 radical (unpaired) electrons. The smallest absolute Gasteiger partial charge is 0.338 e. The van der Waals surface area contributed by atoms with E-state index in [4.69, 9.17) is 18.9 Å². The summed E-state index contributed by atoms with van der Waals surface area (Å²) in [6.45, 7) is 4.14. The molecule has 2 heterocycles. The molecular formula is C32H29BrN2O6S. The number of hydrogen-bond acceptors (Lipinski definition) is 8. The Morgan fingerprint density at radius 3 is 2.40 bits per heavy atom. The van der Waals surface area contributed by atoms with Crippen LogP contribution in [0.15, 0.2) is 92.3 Å². The Hall–Kier alpha value is -4.15. The molecule has 3 aromatic carbocycles. The normalized spacial score (nSPS) is 14.7. The Morgan fingerprint density at radius 2 is 1.74 bits per heavy atom. The highest BCUT2D eigenvalue weighted by molar-refractivity contribution is 9.10. The summed E-state index contributed by atoms with van der Waals surface area (Å²) in [4.78, 5) is 32.3. The molecule has 0 bridgehead atoms. The maximum absolute atomic E-state index is 14.0. The van der Waals surface area contributed by atoms with Gasteiger partial charge in [0.05, 0.1) is 42.7 Å². The van der Waals surface area contributed by atoms with E-state index in [1.807, 2.05) is 60.7 Å². The van der Waals surface area contributed by atoms with Crippen LogP contribution in [0.4, 0.5) is 0 Å². The van der Waals surface area contributed by atoms with E-state index in [0.29, 0.717) is 43.2 Å². The lowest BCUT2D eigenvalue weighted by molar-refractivity contribution is -0.139. The molecule has 1 atom stereocenters. The van der Waals surface area contributed by atoms with Gasteiger partial charge in [0, 0.05) is 4.47 Å². The van der Waals surface area contributed by atoms with E-state index in [1.165, 1.54) is 18.4 Å². The number of aromatic nitrogens is 1. The van der Waals surface area contributed by atoms with Gasteiger partial charge in [-0.15, -0.1) is 0 Å². The van der Waals surface area contributed by atoms with Crippen molar-refractivity contribution in [3.8, 4) is 17.2 Å². The third-order valence-corrected chi connectivity index (χ3v) is 8.41. The molecule has 4 aromatic rings. The fourth-order valence-electron chi connectivity index (χ4n) is 4.72. The van der Waals surface area contributed by atoms with E-state index in [1.54, 1.807) is 37.7 Å². The van der Waals surface area contributed by atoms with Crippen LogP contribution in [0.5, 0.6) is 17.2 Å². The SMILES string of the molecule is CCOC(=O)C1=C(C)N=c2s/c(=C\c3ccc(OCc4ccccc4)cc3)c(=O)n2C1c1cc(OC)c(OC)cc1Br. The predicted molar refractivity (Wildman–Crippen MR) is 165 cm³/mol. The lowest BCUT2D eigenvalue weighted by Gasteiger charge is -2.26. The van der Waals surface area contributed by atoms with Crippen molar-refractivity contribution in [1.82, 2.24) is 4.57 Å². The van der Waals surface area contributed by atoms with Crippen molar-refractivity contribution in [2.75, 3.05) is 20.8 Å². The van der Waals surface area contributed by atoms with Gasteiger partial charge in [-0.1, -0.05) is 69.7 Å². The summed E-state index contributed by atoms with van der Waals surface area (Å²) in [6, 6.07) is 20.2. The molecule has 5 rings (SSSR count). The minimum Gasteiger partial charge on any atom is -0.493 e. The maximum atomic E-state index is 14.0. The Bertz CT molecular complexity index is 1830. The van der Waals surface area contributed by atoms with Gasteiger partial charge in [0.1, 0.15) is 12.4 Å². The number of nitrogens with zero attached hydrogens (tertiary/aromatic N) is 2. The zero-order chi connectivity index (χ0) is 29.8. The fourth-order valence-corrected chi connectivity index (χ4v) is 6.30. The van der Waals surface area contributed by atoms with E-state index in [2.05, 4.69) is 20.9 Å². The number of rotatable bonds is 9.